The molecule has 0 atom stereocenters. The van der Waals surface area contributed by atoms with Gasteiger partial charge in [-0.2, -0.15) is 0 Å². The molecule has 0 saturated carbocycles. The van der Waals surface area contributed by atoms with Crippen LogP contribution in [0.2, 0.25) is 0 Å². The maximum Gasteiger partial charge on any atom is 0.119 e. The molecule has 0 aliphatic carbocycles. The number of benzene rings is 2. The summed E-state index contributed by atoms with van der Waals surface area (Å²) in [6.07, 6.45) is 2.04. The SMILES string of the molecule is CCc1c(C)cc(OC)cc1Cc1cccc(C(C)C)c1C. The van der Waals surface area contributed by atoms with E-state index in [9.17, 15) is 0 Å². The molecule has 22 heavy (non-hydrogen) atoms. The molecule has 0 aliphatic heterocycles. The van der Waals surface area contributed by atoms with Crippen LogP contribution in [0.4, 0.5) is 0 Å². The second-order valence-corrected chi connectivity index (χ2v) is 6.40. The van der Waals surface area contributed by atoms with Gasteiger partial charge in [0.15, 0.2) is 0 Å². The van der Waals surface area contributed by atoms with Crippen molar-refractivity contribution in [1.82, 2.24) is 0 Å². The quantitative estimate of drug-likeness (QED) is 0.699. The normalized spacial score (nSPS) is 11.0. The van der Waals surface area contributed by atoms with Crippen LogP contribution in [0.25, 0.3) is 0 Å². The van der Waals surface area contributed by atoms with Gasteiger partial charge in [-0.25, -0.2) is 0 Å². The molecule has 1 nitrogen and oxygen atoms in total. The lowest BCUT2D eigenvalue weighted by Gasteiger charge is -2.17. The van der Waals surface area contributed by atoms with Gasteiger partial charge in [-0.05, 0) is 78.1 Å². The van der Waals surface area contributed by atoms with Crippen molar-refractivity contribution in [2.24, 2.45) is 0 Å². The Kier molecular flexibility index (Phi) is 5.28. The monoisotopic (exact) mass is 296 g/mol. The van der Waals surface area contributed by atoms with E-state index in [0.717, 1.165) is 18.6 Å². The Bertz CT molecular complexity index is 653. The summed E-state index contributed by atoms with van der Waals surface area (Å²) in [6.45, 7) is 11.2. The topological polar surface area (TPSA) is 9.23 Å². The fourth-order valence-corrected chi connectivity index (χ4v) is 3.36. The van der Waals surface area contributed by atoms with Crippen molar-refractivity contribution in [2.75, 3.05) is 7.11 Å². The van der Waals surface area contributed by atoms with Gasteiger partial charge in [0.1, 0.15) is 5.75 Å². The van der Waals surface area contributed by atoms with E-state index in [2.05, 4.69) is 65.0 Å². The molecule has 1 heteroatoms. The van der Waals surface area contributed by atoms with Crippen molar-refractivity contribution in [3.05, 3.63) is 63.7 Å². The number of hydrogen-bond acceptors (Lipinski definition) is 1. The van der Waals surface area contributed by atoms with Gasteiger partial charge in [0.05, 0.1) is 7.11 Å². The summed E-state index contributed by atoms with van der Waals surface area (Å²) in [6, 6.07) is 11.0. The predicted molar refractivity (Wildman–Crippen MR) is 95.2 cm³/mol. The third kappa shape index (κ3) is 3.35. The van der Waals surface area contributed by atoms with Crippen LogP contribution in [0.3, 0.4) is 0 Å². The second-order valence-electron chi connectivity index (χ2n) is 6.40. The summed E-state index contributed by atoms with van der Waals surface area (Å²) in [7, 11) is 1.74. The molecule has 0 unspecified atom stereocenters. The number of hydrogen-bond donors (Lipinski definition) is 0. The zero-order valence-corrected chi connectivity index (χ0v) is 14.8. The van der Waals surface area contributed by atoms with Crippen molar-refractivity contribution in [3.63, 3.8) is 0 Å². The summed E-state index contributed by atoms with van der Waals surface area (Å²) < 4.78 is 5.47. The Morgan fingerprint density at radius 2 is 1.77 bits per heavy atom. The van der Waals surface area contributed by atoms with Crippen LogP contribution in [0.15, 0.2) is 30.3 Å². The van der Waals surface area contributed by atoms with Crippen LogP contribution < -0.4 is 4.74 Å². The zero-order chi connectivity index (χ0) is 16.3. The molecule has 2 aromatic rings. The molecule has 0 saturated heterocycles. The lowest BCUT2D eigenvalue weighted by Crippen LogP contribution is -2.02. The van der Waals surface area contributed by atoms with E-state index >= 15 is 0 Å². The largest absolute Gasteiger partial charge is 0.497 e. The molecular weight excluding hydrogens is 268 g/mol. The first-order valence-corrected chi connectivity index (χ1v) is 8.22. The van der Waals surface area contributed by atoms with Gasteiger partial charge in [0.2, 0.25) is 0 Å². The van der Waals surface area contributed by atoms with E-state index in [4.69, 9.17) is 4.74 Å². The molecule has 0 aromatic heterocycles. The van der Waals surface area contributed by atoms with E-state index in [1.165, 1.54) is 33.4 Å². The first-order chi connectivity index (χ1) is 10.5. The standard InChI is InChI=1S/C21H28O/c1-7-20-15(4)11-19(22-6)13-18(20)12-17-9-8-10-21(14(2)3)16(17)5/h8-11,13-14H,7,12H2,1-6H3. The van der Waals surface area contributed by atoms with Crippen LogP contribution in [0.5, 0.6) is 5.75 Å². The zero-order valence-electron chi connectivity index (χ0n) is 14.8. The Balaban J connectivity index is 2.47. The van der Waals surface area contributed by atoms with E-state index < -0.39 is 0 Å². The number of aryl methyl sites for hydroxylation is 1. The van der Waals surface area contributed by atoms with Crippen LogP contribution >= 0.6 is 0 Å². The van der Waals surface area contributed by atoms with Gasteiger partial charge in [-0.15, -0.1) is 0 Å². The minimum atomic E-state index is 0.567. The fraction of sp³-hybridized carbons (Fsp3) is 0.429. The number of methoxy groups -OCH3 is 1. The van der Waals surface area contributed by atoms with Crippen molar-refractivity contribution >= 4 is 0 Å². The van der Waals surface area contributed by atoms with Crippen LogP contribution in [0.1, 0.15) is 60.1 Å². The lowest BCUT2D eigenvalue weighted by molar-refractivity contribution is 0.414. The van der Waals surface area contributed by atoms with Crippen molar-refractivity contribution in [1.29, 1.82) is 0 Å². The summed E-state index contributed by atoms with van der Waals surface area (Å²) in [5.41, 5.74) is 8.48. The van der Waals surface area contributed by atoms with Crippen molar-refractivity contribution in [2.45, 2.75) is 53.4 Å². The molecular formula is C21H28O. The molecule has 0 aliphatic rings. The average molecular weight is 296 g/mol. The molecule has 118 valence electrons. The van der Waals surface area contributed by atoms with E-state index in [1.54, 1.807) is 7.11 Å². The molecule has 0 radical (unpaired) electrons. The van der Waals surface area contributed by atoms with Gasteiger partial charge >= 0.3 is 0 Å². The Morgan fingerprint density at radius 1 is 1.05 bits per heavy atom. The van der Waals surface area contributed by atoms with Crippen molar-refractivity contribution < 1.29 is 4.74 Å². The molecule has 0 bridgehead atoms. The first-order valence-electron chi connectivity index (χ1n) is 8.22. The highest BCUT2D eigenvalue weighted by Crippen LogP contribution is 2.28. The highest BCUT2D eigenvalue weighted by Gasteiger charge is 2.12. The maximum atomic E-state index is 5.47. The average Bonchev–Trinajstić information content (AvgIpc) is 2.48. The summed E-state index contributed by atoms with van der Waals surface area (Å²) in [5.74, 6) is 1.53. The molecule has 0 fully saturated rings. The Hall–Kier alpha value is -1.76. The molecule has 0 heterocycles. The van der Waals surface area contributed by atoms with Crippen LogP contribution in [0, 0.1) is 13.8 Å². The van der Waals surface area contributed by atoms with Crippen molar-refractivity contribution in [3.8, 4) is 5.75 Å². The van der Waals surface area contributed by atoms with Crippen LogP contribution in [-0.4, -0.2) is 7.11 Å². The minimum Gasteiger partial charge on any atom is -0.497 e. The predicted octanol–water partition coefficient (Wildman–Crippen LogP) is 5.59. The molecule has 0 N–H and O–H groups in total. The highest BCUT2D eigenvalue weighted by molar-refractivity contribution is 5.46. The summed E-state index contributed by atoms with van der Waals surface area (Å²) in [4.78, 5) is 0. The first kappa shape index (κ1) is 16.6. The summed E-state index contributed by atoms with van der Waals surface area (Å²) >= 11 is 0. The summed E-state index contributed by atoms with van der Waals surface area (Å²) in [5, 5.41) is 0. The molecule has 2 rings (SSSR count). The van der Waals surface area contributed by atoms with Gasteiger partial charge in [0, 0.05) is 0 Å². The highest BCUT2D eigenvalue weighted by atomic mass is 16.5. The van der Waals surface area contributed by atoms with E-state index in [1.807, 2.05) is 0 Å². The van der Waals surface area contributed by atoms with E-state index in [0.29, 0.717) is 5.92 Å². The van der Waals surface area contributed by atoms with Gasteiger partial charge < -0.3 is 4.74 Å². The third-order valence-corrected chi connectivity index (χ3v) is 4.62. The maximum absolute atomic E-state index is 5.47. The fourth-order valence-electron chi connectivity index (χ4n) is 3.36. The van der Waals surface area contributed by atoms with Gasteiger partial charge in [0.25, 0.3) is 0 Å². The Morgan fingerprint density at radius 3 is 2.36 bits per heavy atom. The minimum absolute atomic E-state index is 0.567. The lowest BCUT2D eigenvalue weighted by atomic mass is 9.89. The number of ether oxygens (including phenoxy) is 1. The molecule has 0 amide bonds. The van der Waals surface area contributed by atoms with Gasteiger partial charge in [-0.1, -0.05) is 39.0 Å². The smallest absolute Gasteiger partial charge is 0.119 e. The third-order valence-electron chi connectivity index (χ3n) is 4.62. The molecule has 0 spiro atoms. The Labute approximate surface area is 135 Å². The van der Waals surface area contributed by atoms with E-state index in [-0.39, 0.29) is 0 Å². The second kappa shape index (κ2) is 7.00. The number of rotatable bonds is 5. The van der Waals surface area contributed by atoms with Crippen LogP contribution in [-0.2, 0) is 12.8 Å². The molecule has 2 aromatic carbocycles. The van der Waals surface area contributed by atoms with Gasteiger partial charge in [-0.3, -0.25) is 0 Å².